The lowest BCUT2D eigenvalue weighted by Gasteiger charge is -2.16. The molecule has 0 fully saturated rings. The van der Waals surface area contributed by atoms with Gasteiger partial charge in [0.2, 0.25) is 5.91 Å². The highest BCUT2D eigenvalue weighted by molar-refractivity contribution is 5.92. The van der Waals surface area contributed by atoms with E-state index >= 15 is 0 Å². The molecule has 17 heavy (non-hydrogen) atoms. The van der Waals surface area contributed by atoms with Crippen LogP contribution in [-0.4, -0.2) is 33.0 Å². The van der Waals surface area contributed by atoms with Crippen LogP contribution in [0.15, 0.2) is 18.2 Å². The van der Waals surface area contributed by atoms with E-state index < -0.39 is 18.1 Å². The van der Waals surface area contributed by atoms with Crippen molar-refractivity contribution in [3.05, 3.63) is 29.6 Å². The van der Waals surface area contributed by atoms with E-state index in [9.17, 15) is 19.8 Å². The summed E-state index contributed by atoms with van der Waals surface area (Å²) in [6, 6.07) is 4.50. The molecule has 1 rings (SSSR count). The second-order valence-electron chi connectivity index (χ2n) is 3.69. The molecule has 6 nitrogen and oxygen atoms in total. The first-order chi connectivity index (χ1) is 7.91. The van der Waals surface area contributed by atoms with Gasteiger partial charge >= 0.3 is 0 Å². The summed E-state index contributed by atoms with van der Waals surface area (Å²) in [7, 11) is 0. The monoisotopic (exact) mass is 238 g/mol. The van der Waals surface area contributed by atoms with E-state index in [2.05, 4.69) is 4.98 Å². The predicted octanol–water partition coefficient (Wildman–Crippen LogP) is -0.446. The number of ketones is 1. The molecule has 0 aliphatic rings. The van der Waals surface area contributed by atoms with Crippen molar-refractivity contribution in [1.82, 2.24) is 4.98 Å². The van der Waals surface area contributed by atoms with Crippen LogP contribution in [0.3, 0.4) is 0 Å². The minimum Gasteiger partial charge on any atom is -0.389 e. The molecular formula is C11H14N2O4. The van der Waals surface area contributed by atoms with Crippen molar-refractivity contribution in [2.75, 3.05) is 0 Å². The van der Waals surface area contributed by atoms with Crippen LogP contribution in [0.25, 0.3) is 0 Å². The van der Waals surface area contributed by atoms with Gasteiger partial charge in [-0.2, -0.15) is 0 Å². The van der Waals surface area contributed by atoms with E-state index in [-0.39, 0.29) is 23.6 Å². The van der Waals surface area contributed by atoms with E-state index in [4.69, 9.17) is 5.73 Å². The van der Waals surface area contributed by atoms with Crippen molar-refractivity contribution in [2.45, 2.75) is 25.6 Å². The fourth-order valence-electron chi connectivity index (χ4n) is 1.33. The van der Waals surface area contributed by atoms with Crippen molar-refractivity contribution >= 4 is 11.7 Å². The lowest BCUT2D eigenvalue weighted by molar-refractivity contribution is -0.121. The van der Waals surface area contributed by atoms with Crippen LogP contribution < -0.4 is 5.73 Å². The second-order valence-corrected chi connectivity index (χ2v) is 3.69. The number of carbonyl (C=O) groups excluding carboxylic acids is 2. The molecule has 1 aromatic heterocycles. The predicted molar refractivity (Wildman–Crippen MR) is 59.0 cm³/mol. The second kappa shape index (κ2) is 5.51. The minimum atomic E-state index is -1.35. The fourth-order valence-corrected chi connectivity index (χ4v) is 1.33. The molecule has 0 bridgehead atoms. The number of hydrogen-bond donors (Lipinski definition) is 3. The molecule has 0 aliphatic carbocycles. The third kappa shape index (κ3) is 3.61. The molecule has 2 atom stereocenters. The molecule has 0 spiro atoms. The molecule has 0 saturated carbocycles. The first-order valence-electron chi connectivity index (χ1n) is 5.04. The van der Waals surface area contributed by atoms with Gasteiger partial charge in [-0.3, -0.25) is 9.59 Å². The number of primary amides is 1. The summed E-state index contributed by atoms with van der Waals surface area (Å²) < 4.78 is 0. The van der Waals surface area contributed by atoms with Crippen LogP contribution in [0, 0.1) is 0 Å². The number of nitrogens with zero attached hydrogens (tertiary/aromatic N) is 1. The molecule has 6 heteroatoms. The van der Waals surface area contributed by atoms with Crippen LogP contribution in [0.4, 0.5) is 0 Å². The van der Waals surface area contributed by atoms with Gasteiger partial charge in [0, 0.05) is 6.92 Å². The molecule has 1 aromatic rings. The maximum atomic E-state index is 11.1. The summed E-state index contributed by atoms with van der Waals surface area (Å²) in [6.07, 6.45) is -3.04. The zero-order chi connectivity index (χ0) is 13.0. The first-order valence-corrected chi connectivity index (χ1v) is 5.04. The van der Waals surface area contributed by atoms with E-state index in [0.717, 1.165) is 0 Å². The smallest absolute Gasteiger partial charge is 0.220 e. The number of aromatic nitrogens is 1. The van der Waals surface area contributed by atoms with Gasteiger partial charge in [-0.25, -0.2) is 4.98 Å². The van der Waals surface area contributed by atoms with Crippen molar-refractivity contribution in [3.63, 3.8) is 0 Å². The van der Waals surface area contributed by atoms with Gasteiger partial charge in [-0.05, 0) is 12.1 Å². The number of aliphatic hydroxyl groups excluding tert-OH is 2. The molecular weight excluding hydrogens is 224 g/mol. The molecule has 2 unspecified atom stereocenters. The van der Waals surface area contributed by atoms with E-state index in [1.807, 2.05) is 0 Å². The maximum Gasteiger partial charge on any atom is 0.220 e. The van der Waals surface area contributed by atoms with Gasteiger partial charge in [0.05, 0.1) is 18.2 Å². The van der Waals surface area contributed by atoms with Crippen LogP contribution in [0.1, 0.15) is 35.6 Å². The van der Waals surface area contributed by atoms with Gasteiger partial charge in [0.25, 0.3) is 0 Å². The molecule has 0 saturated heterocycles. The Bertz CT molecular complexity index is 433. The highest BCUT2D eigenvalue weighted by atomic mass is 16.3. The summed E-state index contributed by atoms with van der Waals surface area (Å²) in [4.78, 5) is 25.6. The highest BCUT2D eigenvalue weighted by Gasteiger charge is 2.21. The number of pyridine rings is 1. The number of Topliss-reactive ketones (excluding diaryl/α,β-unsaturated/α-hetero) is 1. The lowest BCUT2D eigenvalue weighted by Crippen LogP contribution is -2.26. The molecule has 4 N–H and O–H groups in total. The van der Waals surface area contributed by atoms with E-state index in [1.54, 1.807) is 6.07 Å². The quantitative estimate of drug-likeness (QED) is 0.601. The number of nitrogens with two attached hydrogens (primary N) is 1. The normalized spacial score (nSPS) is 14.1. The van der Waals surface area contributed by atoms with Crippen LogP contribution in [0.5, 0.6) is 0 Å². The van der Waals surface area contributed by atoms with Crippen molar-refractivity contribution in [2.24, 2.45) is 5.73 Å². The largest absolute Gasteiger partial charge is 0.389 e. The Balaban J connectivity index is 2.88. The molecule has 0 radical (unpaired) electrons. The Hall–Kier alpha value is -1.79. The summed E-state index contributed by atoms with van der Waals surface area (Å²) in [5, 5.41) is 19.2. The lowest BCUT2D eigenvalue weighted by atomic mass is 10.1. The first kappa shape index (κ1) is 13.3. The molecule has 0 aromatic carbocycles. The van der Waals surface area contributed by atoms with Gasteiger partial charge in [-0.15, -0.1) is 0 Å². The van der Waals surface area contributed by atoms with Crippen molar-refractivity contribution in [3.8, 4) is 0 Å². The Morgan fingerprint density at radius 1 is 1.41 bits per heavy atom. The van der Waals surface area contributed by atoms with Crippen LogP contribution in [0.2, 0.25) is 0 Å². The summed E-state index contributed by atoms with van der Waals surface area (Å²) in [6.45, 7) is 1.35. The van der Waals surface area contributed by atoms with E-state index in [1.165, 1.54) is 19.1 Å². The number of hydrogen-bond acceptors (Lipinski definition) is 5. The van der Waals surface area contributed by atoms with Gasteiger partial charge in [0.15, 0.2) is 5.78 Å². The third-order valence-electron chi connectivity index (χ3n) is 2.21. The zero-order valence-corrected chi connectivity index (χ0v) is 9.33. The Kier molecular flexibility index (Phi) is 4.30. The standard InChI is InChI=1S/C11H14N2O4/c1-6(14)7-3-2-4-8(13-7)11(17)9(15)5-10(12)16/h2-4,9,11,15,17H,5H2,1H3,(H2,12,16). The van der Waals surface area contributed by atoms with Gasteiger partial charge in [-0.1, -0.05) is 6.07 Å². The minimum absolute atomic E-state index is 0.131. The summed E-state index contributed by atoms with van der Waals surface area (Å²) >= 11 is 0. The van der Waals surface area contributed by atoms with Crippen LogP contribution >= 0.6 is 0 Å². The number of rotatable bonds is 5. The SMILES string of the molecule is CC(=O)c1cccc(C(O)C(O)CC(N)=O)n1. The third-order valence-corrected chi connectivity index (χ3v) is 2.21. The number of amides is 1. The Morgan fingerprint density at radius 3 is 2.59 bits per heavy atom. The molecule has 92 valence electrons. The van der Waals surface area contributed by atoms with Crippen molar-refractivity contribution < 1.29 is 19.8 Å². The van der Waals surface area contributed by atoms with Crippen LogP contribution in [-0.2, 0) is 4.79 Å². The average molecular weight is 238 g/mol. The average Bonchev–Trinajstić information content (AvgIpc) is 2.27. The molecule has 1 heterocycles. The number of aliphatic hydroxyl groups is 2. The maximum absolute atomic E-state index is 11.1. The van der Waals surface area contributed by atoms with E-state index in [0.29, 0.717) is 0 Å². The molecule has 1 amide bonds. The number of carbonyl (C=O) groups is 2. The summed E-state index contributed by atoms with van der Waals surface area (Å²) in [5.41, 5.74) is 5.22. The molecule has 0 aliphatic heterocycles. The topological polar surface area (TPSA) is 114 Å². The highest BCUT2D eigenvalue weighted by Crippen LogP contribution is 2.17. The fraction of sp³-hybridized carbons (Fsp3) is 0.364. The van der Waals surface area contributed by atoms with Gasteiger partial charge < -0.3 is 15.9 Å². The summed E-state index contributed by atoms with van der Waals surface area (Å²) in [5.74, 6) is -0.970. The Morgan fingerprint density at radius 2 is 2.06 bits per heavy atom. The Labute approximate surface area is 98.1 Å². The zero-order valence-electron chi connectivity index (χ0n) is 9.33. The van der Waals surface area contributed by atoms with Gasteiger partial charge in [0.1, 0.15) is 11.8 Å². The van der Waals surface area contributed by atoms with Crippen molar-refractivity contribution in [1.29, 1.82) is 0 Å².